The molecule has 33 heavy (non-hydrogen) atoms. The van der Waals surface area contributed by atoms with E-state index in [-0.39, 0.29) is 11.9 Å². The number of ether oxygens (including phenoxy) is 1. The number of carbonyl (C=O) groups excluding carboxylic acids is 2. The van der Waals surface area contributed by atoms with Crippen LogP contribution in [0.4, 0.5) is 10.5 Å². The standard InChI is InChI=1S/C26H26N4O3/c1-29-25(32)28-24(31)26(29)13-18-10-16-5-6-20(27-22(16)12-19(18)14-26)15-30-9-3-4-17-11-21(33-2)7-8-23(17)30/h5-8,10-12H,3-4,9,13-15H2,1-2H3,(H,28,31,32). The molecule has 0 saturated carbocycles. The molecule has 1 aromatic heterocycles. The van der Waals surface area contributed by atoms with Crippen LogP contribution in [0.2, 0.25) is 0 Å². The van der Waals surface area contributed by atoms with Crippen LogP contribution in [0.25, 0.3) is 10.9 Å². The average molecular weight is 443 g/mol. The average Bonchev–Trinajstić information content (AvgIpc) is 3.29. The van der Waals surface area contributed by atoms with Crippen molar-refractivity contribution >= 4 is 28.5 Å². The van der Waals surface area contributed by atoms with Crippen molar-refractivity contribution in [3.63, 3.8) is 0 Å². The summed E-state index contributed by atoms with van der Waals surface area (Å²) in [5.41, 5.74) is 5.93. The Balaban J connectivity index is 1.30. The number of nitrogens with zero attached hydrogens (tertiary/aromatic N) is 3. The molecule has 0 radical (unpaired) electrons. The highest BCUT2D eigenvalue weighted by atomic mass is 16.5. The summed E-state index contributed by atoms with van der Waals surface area (Å²) in [5, 5.41) is 3.53. The Bertz CT molecular complexity index is 1320. The lowest BCUT2D eigenvalue weighted by atomic mass is 9.95. The van der Waals surface area contributed by atoms with Crippen molar-refractivity contribution in [3.05, 3.63) is 64.8 Å². The molecule has 6 rings (SSSR count). The highest BCUT2D eigenvalue weighted by Crippen LogP contribution is 2.39. The molecule has 1 atom stereocenters. The SMILES string of the molecule is COc1ccc2c(c1)CCCN2Cc1ccc2cc3c(cc2n1)CC1(C3)C(=O)NC(=O)N1C. The van der Waals surface area contributed by atoms with E-state index >= 15 is 0 Å². The zero-order chi connectivity index (χ0) is 22.7. The van der Waals surface area contributed by atoms with E-state index < -0.39 is 5.54 Å². The Morgan fingerprint density at radius 2 is 1.88 bits per heavy atom. The van der Waals surface area contributed by atoms with Gasteiger partial charge in [0.15, 0.2) is 0 Å². The number of aromatic nitrogens is 1. The summed E-state index contributed by atoms with van der Waals surface area (Å²) in [4.78, 5) is 33.6. The maximum atomic E-state index is 12.6. The smallest absolute Gasteiger partial charge is 0.324 e. The Hall–Kier alpha value is -3.61. The van der Waals surface area contributed by atoms with Gasteiger partial charge in [0.05, 0.1) is 24.9 Å². The van der Waals surface area contributed by atoms with Crippen LogP contribution in [0.15, 0.2) is 42.5 Å². The number of anilines is 1. The summed E-state index contributed by atoms with van der Waals surface area (Å²) < 4.78 is 5.39. The second-order valence-electron chi connectivity index (χ2n) is 9.34. The number of carbonyl (C=O) groups is 2. The topological polar surface area (TPSA) is 74.8 Å². The number of rotatable bonds is 3. The highest BCUT2D eigenvalue weighted by molar-refractivity contribution is 6.07. The highest BCUT2D eigenvalue weighted by Gasteiger charge is 2.54. The third-order valence-corrected chi connectivity index (χ3v) is 7.48. The van der Waals surface area contributed by atoms with Crippen LogP contribution in [0.3, 0.4) is 0 Å². The van der Waals surface area contributed by atoms with Crippen LogP contribution in [0, 0.1) is 0 Å². The van der Waals surface area contributed by atoms with Gasteiger partial charge < -0.3 is 14.5 Å². The molecule has 7 heteroatoms. The minimum atomic E-state index is -0.807. The molecule has 0 bridgehead atoms. The van der Waals surface area contributed by atoms with Crippen molar-refractivity contribution in [2.75, 3.05) is 25.6 Å². The zero-order valence-corrected chi connectivity index (χ0v) is 18.9. The van der Waals surface area contributed by atoms with Gasteiger partial charge in [0.1, 0.15) is 11.3 Å². The first kappa shape index (κ1) is 20.0. The van der Waals surface area contributed by atoms with E-state index in [0.29, 0.717) is 12.8 Å². The predicted octanol–water partition coefficient (Wildman–Crippen LogP) is 3.22. The molecule has 2 aliphatic heterocycles. The Morgan fingerprint density at radius 3 is 2.64 bits per heavy atom. The van der Waals surface area contributed by atoms with Crippen LogP contribution >= 0.6 is 0 Å². The lowest BCUT2D eigenvalue weighted by Gasteiger charge is -2.31. The molecule has 3 aliphatic rings. The maximum Gasteiger partial charge on any atom is 0.324 e. The van der Waals surface area contributed by atoms with Gasteiger partial charge in [-0.25, -0.2) is 4.79 Å². The lowest BCUT2D eigenvalue weighted by molar-refractivity contribution is -0.125. The fourth-order valence-electron chi connectivity index (χ4n) is 5.59. The number of nitrogens with one attached hydrogen (secondary N) is 1. The first-order valence-electron chi connectivity index (χ1n) is 11.4. The third-order valence-electron chi connectivity index (χ3n) is 7.48. The van der Waals surface area contributed by atoms with Gasteiger partial charge in [0, 0.05) is 37.5 Å². The number of fused-ring (bicyclic) bond motifs is 3. The number of benzene rings is 2. The van der Waals surface area contributed by atoms with Gasteiger partial charge in [-0.15, -0.1) is 0 Å². The predicted molar refractivity (Wildman–Crippen MR) is 126 cm³/mol. The second kappa shape index (κ2) is 7.20. The van der Waals surface area contributed by atoms with E-state index in [4.69, 9.17) is 9.72 Å². The van der Waals surface area contributed by atoms with Crippen LogP contribution < -0.4 is 15.0 Å². The molecule has 3 heterocycles. The molecular weight excluding hydrogens is 416 g/mol. The molecule has 1 spiro atoms. The summed E-state index contributed by atoms with van der Waals surface area (Å²) in [6.45, 7) is 1.75. The fraction of sp³-hybridized carbons (Fsp3) is 0.346. The third kappa shape index (κ3) is 3.06. The van der Waals surface area contributed by atoms with Crippen molar-refractivity contribution < 1.29 is 14.3 Å². The molecule has 1 fully saturated rings. The molecule has 1 unspecified atom stereocenters. The zero-order valence-electron chi connectivity index (χ0n) is 18.9. The minimum Gasteiger partial charge on any atom is -0.497 e. The molecule has 3 amide bonds. The number of likely N-dealkylation sites (N-methyl/N-ethyl adjacent to an activating group) is 1. The first-order chi connectivity index (χ1) is 16.0. The van der Waals surface area contributed by atoms with Crippen LogP contribution in [0.5, 0.6) is 5.75 Å². The molecule has 168 valence electrons. The number of urea groups is 1. The maximum absolute atomic E-state index is 12.6. The number of pyridine rings is 1. The van der Waals surface area contributed by atoms with Crippen molar-refractivity contribution in [1.29, 1.82) is 0 Å². The number of aryl methyl sites for hydroxylation is 1. The largest absolute Gasteiger partial charge is 0.497 e. The Morgan fingerprint density at radius 1 is 1.06 bits per heavy atom. The summed E-state index contributed by atoms with van der Waals surface area (Å²) >= 11 is 0. The Kier molecular flexibility index (Phi) is 4.37. The van der Waals surface area contributed by atoms with Gasteiger partial charge in [-0.3, -0.25) is 15.1 Å². The summed E-state index contributed by atoms with van der Waals surface area (Å²) in [7, 11) is 3.41. The second-order valence-corrected chi connectivity index (χ2v) is 9.34. The van der Waals surface area contributed by atoms with Gasteiger partial charge in [-0.2, -0.15) is 0 Å². The van der Waals surface area contributed by atoms with Crippen LogP contribution in [0.1, 0.15) is 28.8 Å². The van der Waals surface area contributed by atoms with E-state index in [2.05, 4.69) is 46.6 Å². The van der Waals surface area contributed by atoms with E-state index in [1.807, 2.05) is 6.07 Å². The first-order valence-corrected chi connectivity index (χ1v) is 11.4. The Labute approximate surface area is 192 Å². The van der Waals surface area contributed by atoms with Gasteiger partial charge >= 0.3 is 6.03 Å². The summed E-state index contributed by atoms with van der Waals surface area (Å²) in [5.74, 6) is 0.693. The van der Waals surface area contributed by atoms with Crippen LogP contribution in [-0.2, 0) is 30.6 Å². The molecule has 1 saturated heterocycles. The van der Waals surface area contributed by atoms with Crippen molar-refractivity contribution in [1.82, 2.24) is 15.2 Å². The number of methoxy groups -OCH3 is 1. The van der Waals surface area contributed by atoms with Crippen molar-refractivity contribution in [2.24, 2.45) is 0 Å². The van der Waals surface area contributed by atoms with E-state index in [0.717, 1.165) is 59.4 Å². The lowest BCUT2D eigenvalue weighted by Crippen LogP contribution is -2.48. The van der Waals surface area contributed by atoms with Crippen LogP contribution in [-0.4, -0.2) is 48.1 Å². The van der Waals surface area contributed by atoms with Gasteiger partial charge in [0.25, 0.3) is 5.91 Å². The molecule has 2 aromatic carbocycles. The normalized spacial score (nSPS) is 21.5. The number of imide groups is 1. The monoisotopic (exact) mass is 442 g/mol. The quantitative estimate of drug-likeness (QED) is 0.631. The van der Waals surface area contributed by atoms with Gasteiger partial charge in [-0.1, -0.05) is 6.07 Å². The van der Waals surface area contributed by atoms with Crippen molar-refractivity contribution in [3.8, 4) is 5.75 Å². The van der Waals surface area contributed by atoms with Gasteiger partial charge in [0.2, 0.25) is 0 Å². The molecule has 1 aliphatic carbocycles. The fourth-order valence-corrected chi connectivity index (χ4v) is 5.59. The molecular formula is C26H26N4O3. The number of amides is 3. The summed E-state index contributed by atoms with van der Waals surface area (Å²) in [6, 6.07) is 14.4. The molecule has 3 aromatic rings. The molecule has 1 N–H and O–H groups in total. The van der Waals surface area contributed by atoms with E-state index in [9.17, 15) is 9.59 Å². The number of hydrogen-bond acceptors (Lipinski definition) is 5. The minimum absolute atomic E-state index is 0.204. The molecule has 7 nitrogen and oxygen atoms in total. The van der Waals surface area contributed by atoms with E-state index in [1.165, 1.54) is 11.3 Å². The van der Waals surface area contributed by atoms with Crippen molar-refractivity contribution in [2.45, 2.75) is 37.8 Å². The van der Waals surface area contributed by atoms with Gasteiger partial charge in [-0.05, 0) is 65.9 Å². The number of hydrogen-bond donors (Lipinski definition) is 1. The summed E-state index contributed by atoms with van der Waals surface area (Å²) in [6.07, 6.45) is 3.24. The van der Waals surface area contributed by atoms with E-state index in [1.54, 1.807) is 19.1 Å².